The van der Waals surface area contributed by atoms with E-state index in [1.165, 1.54) is 0 Å². The van der Waals surface area contributed by atoms with Crippen LogP contribution in [0.1, 0.15) is 26.2 Å². The molecule has 2 saturated heterocycles. The number of sulfone groups is 1. The smallest absolute Gasteiger partial charge is 0.409 e. The molecule has 1 N–H and O–H groups in total. The molecular weight excluding hydrogens is 280 g/mol. The highest BCUT2D eigenvalue weighted by atomic mass is 32.2. The van der Waals surface area contributed by atoms with Crippen molar-refractivity contribution in [2.24, 2.45) is 5.92 Å². The lowest BCUT2D eigenvalue weighted by Crippen LogP contribution is -2.46. The van der Waals surface area contributed by atoms with Gasteiger partial charge in [0, 0.05) is 19.1 Å². The summed E-state index contributed by atoms with van der Waals surface area (Å²) in [5.41, 5.74) is 0. The van der Waals surface area contributed by atoms with E-state index in [9.17, 15) is 13.2 Å². The van der Waals surface area contributed by atoms with Crippen LogP contribution in [0.3, 0.4) is 0 Å². The summed E-state index contributed by atoms with van der Waals surface area (Å²) >= 11 is 0. The molecule has 0 aromatic rings. The van der Waals surface area contributed by atoms with Crippen molar-refractivity contribution in [1.29, 1.82) is 0 Å². The first kappa shape index (κ1) is 15.6. The summed E-state index contributed by atoms with van der Waals surface area (Å²) in [4.78, 5) is 13.3. The summed E-state index contributed by atoms with van der Waals surface area (Å²) in [7, 11) is -2.78. The third-order valence-corrected chi connectivity index (χ3v) is 5.88. The fourth-order valence-electron chi connectivity index (χ4n) is 2.85. The van der Waals surface area contributed by atoms with Crippen LogP contribution in [-0.4, -0.2) is 63.2 Å². The molecule has 116 valence electrons. The third-order valence-electron chi connectivity index (χ3n) is 4.04. The lowest BCUT2D eigenvalue weighted by Gasteiger charge is -2.32. The van der Waals surface area contributed by atoms with Gasteiger partial charge < -0.3 is 15.0 Å². The van der Waals surface area contributed by atoms with Crippen molar-refractivity contribution in [3.05, 3.63) is 0 Å². The predicted molar refractivity (Wildman–Crippen MR) is 76.4 cm³/mol. The van der Waals surface area contributed by atoms with E-state index < -0.39 is 9.84 Å². The van der Waals surface area contributed by atoms with Gasteiger partial charge in [0.2, 0.25) is 0 Å². The maximum absolute atomic E-state index is 11.6. The van der Waals surface area contributed by atoms with E-state index in [2.05, 4.69) is 5.32 Å². The second-order valence-corrected chi connectivity index (χ2v) is 7.87. The average molecular weight is 304 g/mol. The van der Waals surface area contributed by atoms with Crippen LogP contribution >= 0.6 is 0 Å². The Kier molecular flexibility index (Phi) is 5.26. The lowest BCUT2D eigenvalue weighted by molar-refractivity contribution is 0.0948. The maximum Gasteiger partial charge on any atom is 0.409 e. The second-order valence-electron chi connectivity index (χ2n) is 5.64. The minimum Gasteiger partial charge on any atom is -0.450 e. The molecule has 1 atom stereocenters. The van der Waals surface area contributed by atoms with Crippen LogP contribution in [0.15, 0.2) is 0 Å². The molecule has 0 radical (unpaired) electrons. The minimum atomic E-state index is -2.78. The SMILES string of the molecule is CCOC(=O)N1CCC(NCC2CCS(=O)(=O)C2)CC1. The Morgan fingerprint density at radius 2 is 2.00 bits per heavy atom. The van der Waals surface area contributed by atoms with Crippen molar-refractivity contribution in [2.45, 2.75) is 32.2 Å². The zero-order chi connectivity index (χ0) is 14.6. The molecule has 0 spiro atoms. The first-order valence-electron chi connectivity index (χ1n) is 7.35. The minimum absolute atomic E-state index is 0.229. The summed E-state index contributed by atoms with van der Waals surface area (Å²) < 4.78 is 27.8. The monoisotopic (exact) mass is 304 g/mol. The van der Waals surface area contributed by atoms with Gasteiger partial charge in [0.15, 0.2) is 9.84 Å². The van der Waals surface area contributed by atoms with Crippen molar-refractivity contribution in [3.8, 4) is 0 Å². The molecule has 2 aliphatic heterocycles. The van der Waals surface area contributed by atoms with Crippen LogP contribution in [0.25, 0.3) is 0 Å². The van der Waals surface area contributed by atoms with Crippen LogP contribution < -0.4 is 5.32 Å². The summed E-state index contributed by atoms with van der Waals surface area (Å²) in [5, 5.41) is 3.45. The van der Waals surface area contributed by atoms with Crippen molar-refractivity contribution in [2.75, 3.05) is 37.7 Å². The van der Waals surface area contributed by atoms with Gasteiger partial charge in [-0.25, -0.2) is 13.2 Å². The van der Waals surface area contributed by atoms with Gasteiger partial charge in [-0.1, -0.05) is 0 Å². The normalized spacial score (nSPS) is 26.6. The molecule has 0 saturated carbocycles. The lowest BCUT2D eigenvalue weighted by atomic mass is 10.0. The van der Waals surface area contributed by atoms with Gasteiger partial charge >= 0.3 is 6.09 Å². The van der Waals surface area contributed by atoms with Gasteiger partial charge in [-0.3, -0.25) is 0 Å². The van der Waals surface area contributed by atoms with E-state index in [1.807, 2.05) is 6.92 Å². The Balaban J connectivity index is 1.66. The largest absolute Gasteiger partial charge is 0.450 e. The van der Waals surface area contributed by atoms with Crippen molar-refractivity contribution in [1.82, 2.24) is 10.2 Å². The average Bonchev–Trinajstić information content (AvgIpc) is 2.77. The molecule has 0 bridgehead atoms. The van der Waals surface area contributed by atoms with Crippen molar-refractivity contribution in [3.63, 3.8) is 0 Å². The number of nitrogens with one attached hydrogen (secondary N) is 1. The molecule has 2 heterocycles. The Morgan fingerprint density at radius 3 is 2.55 bits per heavy atom. The second kappa shape index (κ2) is 6.76. The molecule has 0 aliphatic carbocycles. The van der Waals surface area contributed by atoms with E-state index in [0.717, 1.165) is 25.8 Å². The van der Waals surface area contributed by atoms with Gasteiger partial charge in [0.1, 0.15) is 0 Å². The molecule has 2 aliphatic rings. The molecule has 1 amide bonds. The van der Waals surface area contributed by atoms with E-state index in [-0.39, 0.29) is 12.0 Å². The first-order valence-corrected chi connectivity index (χ1v) is 9.18. The van der Waals surface area contributed by atoms with E-state index in [0.29, 0.717) is 37.2 Å². The zero-order valence-electron chi connectivity index (χ0n) is 12.0. The number of ether oxygens (including phenoxy) is 1. The summed E-state index contributed by atoms with van der Waals surface area (Å²) in [6, 6.07) is 0.379. The van der Waals surface area contributed by atoms with Crippen LogP contribution in [0, 0.1) is 5.92 Å². The summed E-state index contributed by atoms with van der Waals surface area (Å²) in [6.07, 6.45) is 2.35. The Bertz CT molecular complexity index is 430. The van der Waals surface area contributed by atoms with Gasteiger partial charge in [0.25, 0.3) is 0 Å². The highest BCUT2D eigenvalue weighted by molar-refractivity contribution is 7.91. The topological polar surface area (TPSA) is 75.7 Å². The summed E-state index contributed by atoms with van der Waals surface area (Å²) in [6.45, 7) is 4.40. The number of hydrogen-bond donors (Lipinski definition) is 1. The number of nitrogens with zero attached hydrogens (tertiary/aromatic N) is 1. The molecule has 7 heteroatoms. The number of hydrogen-bond acceptors (Lipinski definition) is 5. The summed E-state index contributed by atoms with van der Waals surface area (Å²) in [5.74, 6) is 0.908. The van der Waals surface area contributed by atoms with Crippen molar-refractivity contribution < 1.29 is 17.9 Å². The van der Waals surface area contributed by atoms with Gasteiger partial charge in [0.05, 0.1) is 18.1 Å². The maximum atomic E-state index is 11.6. The van der Waals surface area contributed by atoms with Gasteiger partial charge in [-0.2, -0.15) is 0 Å². The molecule has 0 aromatic heterocycles. The van der Waals surface area contributed by atoms with E-state index in [1.54, 1.807) is 4.90 Å². The van der Waals surface area contributed by atoms with E-state index >= 15 is 0 Å². The van der Waals surface area contributed by atoms with Gasteiger partial charge in [-0.05, 0) is 38.6 Å². The molecule has 0 aromatic carbocycles. The predicted octanol–water partition coefficient (Wildman–Crippen LogP) is 0.632. The van der Waals surface area contributed by atoms with Gasteiger partial charge in [-0.15, -0.1) is 0 Å². The highest BCUT2D eigenvalue weighted by Gasteiger charge is 2.29. The molecule has 1 unspecified atom stereocenters. The highest BCUT2D eigenvalue weighted by Crippen LogP contribution is 2.18. The number of amides is 1. The Labute approximate surface area is 120 Å². The zero-order valence-corrected chi connectivity index (χ0v) is 12.8. The number of piperidine rings is 1. The molecule has 20 heavy (non-hydrogen) atoms. The van der Waals surface area contributed by atoms with Crippen LogP contribution in [0.4, 0.5) is 4.79 Å². The standard InChI is InChI=1S/C13H24N2O4S/c1-2-19-13(16)15-6-3-12(4-7-15)14-9-11-5-8-20(17,18)10-11/h11-12,14H,2-10H2,1H3. The van der Waals surface area contributed by atoms with Crippen molar-refractivity contribution >= 4 is 15.9 Å². The fourth-order valence-corrected chi connectivity index (χ4v) is 4.71. The van der Waals surface area contributed by atoms with Crippen LogP contribution in [-0.2, 0) is 14.6 Å². The molecular formula is C13H24N2O4S. The Hall–Kier alpha value is -0.820. The first-order chi connectivity index (χ1) is 9.50. The number of carbonyl (C=O) groups is 1. The Morgan fingerprint density at radius 1 is 1.30 bits per heavy atom. The quantitative estimate of drug-likeness (QED) is 0.824. The number of carbonyl (C=O) groups excluding carboxylic acids is 1. The van der Waals surface area contributed by atoms with E-state index in [4.69, 9.17) is 4.74 Å². The molecule has 2 rings (SSSR count). The van der Waals surface area contributed by atoms with Crippen LogP contribution in [0.2, 0.25) is 0 Å². The number of likely N-dealkylation sites (tertiary alicyclic amines) is 1. The molecule has 6 nitrogen and oxygen atoms in total. The third kappa shape index (κ3) is 4.34. The fraction of sp³-hybridized carbons (Fsp3) is 0.923. The number of rotatable bonds is 4. The van der Waals surface area contributed by atoms with Crippen LogP contribution in [0.5, 0.6) is 0 Å². The molecule has 2 fully saturated rings.